The van der Waals surface area contributed by atoms with E-state index in [4.69, 9.17) is 15.2 Å². The van der Waals surface area contributed by atoms with E-state index in [1.165, 1.54) is 0 Å². The van der Waals surface area contributed by atoms with Crippen LogP contribution in [0.4, 0.5) is 0 Å². The van der Waals surface area contributed by atoms with Crippen molar-refractivity contribution in [2.45, 2.75) is 51.2 Å². The largest absolute Gasteiger partial charge is 0.483 e. The number of benzene rings is 1. The van der Waals surface area contributed by atoms with E-state index < -0.39 is 11.9 Å². The molecule has 130 valence electrons. The van der Waals surface area contributed by atoms with E-state index in [1.54, 1.807) is 11.0 Å². The zero-order chi connectivity index (χ0) is 17.3. The van der Waals surface area contributed by atoms with Gasteiger partial charge in [-0.2, -0.15) is 0 Å². The molecule has 1 saturated heterocycles. The normalized spacial score (nSPS) is 21.8. The lowest BCUT2D eigenvalue weighted by atomic mass is 10.0. The first-order valence-electron chi connectivity index (χ1n) is 8.40. The summed E-state index contributed by atoms with van der Waals surface area (Å²) in [6.45, 7) is 4.47. The number of primary amides is 1. The van der Waals surface area contributed by atoms with Crippen molar-refractivity contribution in [2.75, 3.05) is 13.2 Å². The summed E-state index contributed by atoms with van der Waals surface area (Å²) in [5.74, 6) is 0.613. The highest BCUT2D eigenvalue weighted by molar-refractivity contribution is 5.87. The van der Waals surface area contributed by atoms with Crippen LogP contribution in [-0.2, 0) is 16.0 Å². The lowest BCUT2D eigenvalue weighted by Gasteiger charge is -2.33. The maximum absolute atomic E-state index is 12.5. The number of hydrogen-bond donors (Lipinski definition) is 1. The number of carbonyl (C=O) groups is 2. The Morgan fingerprint density at radius 1 is 1.38 bits per heavy atom. The lowest BCUT2D eigenvalue weighted by molar-refractivity contribution is -0.142. The Morgan fingerprint density at radius 3 is 2.92 bits per heavy atom. The molecule has 2 aliphatic heterocycles. The van der Waals surface area contributed by atoms with Gasteiger partial charge in [0.15, 0.2) is 18.1 Å². The fourth-order valence-corrected chi connectivity index (χ4v) is 3.45. The van der Waals surface area contributed by atoms with Crippen molar-refractivity contribution < 1.29 is 19.1 Å². The first kappa shape index (κ1) is 16.6. The summed E-state index contributed by atoms with van der Waals surface area (Å²) in [7, 11) is 0. The maximum Gasteiger partial charge on any atom is 0.261 e. The van der Waals surface area contributed by atoms with Gasteiger partial charge >= 0.3 is 0 Å². The average Bonchev–Trinajstić information content (AvgIpc) is 2.86. The van der Waals surface area contributed by atoms with Gasteiger partial charge in [-0.15, -0.1) is 0 Å². The van der Waals surface area contributed by atoms with Crippen molar-refractivity contribution in [2.24, 2.45) is 5.73 Å². The zero-order valence-corrected chi connectivity index (χ0v) is 14.2. The molecule has 2 heterocycles. The van der Waals surface area contributed by atoms with E-state index in [0.717, 1.165) is 24.8 Å². The van der Waals surface area contributed by atoms with Crippen molar-refractivity contribution in [3.8, 4) is 11.5 Å². The van der Waals surface area contributed by atoms with Crippen LogP contribution >= 0.6 is 0 Å². The highest BCUT2D eigenvalue weighted by Crippen LogP contribution is 2.41. The molecule has 6 heteroatoms. The standard InChI is InChI=1S/C18H24N2O4/c1-18(2)10-12-6-5-8-14(16(12)24-18)23-11-15(21)20-9-4-3-7-13(20)17(19)22/h5-6,8,13H,3-4,7,9-11H2,1-2H3,(H2,19,22). The molecule has 1 atom stereocenters. The van der Waals surface area contributed by atoms with Crippen molar-refractivity contribution in [3.63, 3.8) is 0 Å². The smallest absolute Gasteiger partial charge is 0.261 e. The van der Waals surface area contributed by atoms with Crippen LogP contribution in [-0.4, -0.2) is 41.5 Å². The molecule has 0 aliphatic carbocycles. The molecular formula is C18H24N2O4. The molecule has 0 bridgehead atoms. The van der Waals surface area contributed by atoms with Gasteiger partial charge in [-0.3, -0.25) is 9.59 Å². The van der Waals surface area contributed by atoms with Gasteiger partial charge in [-0.05, 0) is 39.2 Å². The maximum atomic E-state index is 12.5. The molecule has 24 heavy (non-hydrogen) atoms. The third-order valence-electron chi connectivity index (χ3n) is 4.56. The second-order valence-electron chi connectivity index (χ2n) is 7.07. The molecule has 2 aliphatic rings. The van der Waals surface area contributed by atoms with E-state index in [0.29, 0.717) is 24.5 Å². The zero-order valence-electron chi connectivity index (χ0n) is 14.2. The Morgan fingerprint density at radius 2 is 2.17 bits per heavy atom. The number of carbonyl (C=O) groups excluding carboxylic acids is 2. The topological polar surface area (TPSA) is 81.9 Å². The SMILES string of the molecule is CC1(C)Cc2cccc(OCC(=O)N3CCCCC3C(N)=O)c2O1. The molecule has 3 rings (SSSR count). The number of rotatable bonds is 4. The van der Waals surface area contributed by atoms with Gasteiger partial charge in [0.05, 0.1) is 0 Å². The predicted octanol–water partition coefficient (Wildman–Crippen LogP) is 1.65. The molecule has 1 aromatic carbocycles. The number of likely N-dealkylation sites (tertiary alicyclic amines) is 1. The number of nitrogens with zero attached hydrogens (tertiary/aromatic N) is 1. The predicted molar refractivity (Wildman–Crippen MR) is 88.9 cm³/mol. The Bertz CT molecular complexity index is 656. The van der Waals surface area contributed by atoms with Crippen LogP contribution in [0.1, 0.15) is 38.7 Å². The van der Waals surface area contributed by atoms with Gasteiger partial charge in [0.25, 0.3) is 5.91 Å². The summed E-state index contributed by atoms with van der Waals surface area (Å²) >= 11 is 0. The van der Waals surface area contributed by atoms with E-state index in [-0.39, 0.29) is 18.1 Å². The summed E-state index contributed by atoms with van der Waals surface area (Å²) in [5, 5.41) is 0. The monoisotopic (exact) mass is 332 g/mol. The molecule has 1 fully saturated rings. The van der Waals surface area contributed by atoms with Crippen molar-refractivity contribution >= 4 is 11.8 Å². The Kier molecular flexibility index (Phi) is 4.39. The van der Waals surface area contributed by atoms with Crippen molar-refractivity contribution in [1.82, 2.24) is 4.90 Å². The fraction of sp³-hybridized carbons (Fsp3) is 0.556. The third-order valence-corrected chi connectivity index (χ3v) is 4.56. The summed E-state index contributed by atoms with van der Waals surface area (Å²) in [5.41, 5.74) is 6.23. The minimum absolute atomic E-state index is 0.121. The molecule has 2 N–H and O–H groups in total. The van der Waals surface area contributed by atoms with Crippen LogP contribution in [0.5, 0.6) is 11.5 Å². The van der Waals surface area contributed by atoms with Gasteiger partial charge in [0, 0.05) is 18.5 Å². The lowest BCUT2D eigenvalue weighted by Crippen LogP contribution is -2.51. The van der Waals surface area contributed by atoms with E-state index in [9.17, 15) is 9.59 Å². The van der Waals surface area contributed by atoms with Crippen molar-refractivity contribution in [3.05, 3.63) is 23.8 Å². The fourth-order valence-electron chi connectivity index (χ4n) is 3.45. The minimum atomic E-state index is -0.522. The summed E-state index contributed by atoms with van der Waals surface area (Å²) < 4.78 is 11.7. The number of ether oxygens (including phenoxy) is 2. The van der Waals surface area contributed by atoms with E-state index in [2.05, 4.69) is 0 Å². The molecule has 0 aromatic heterocycles. The molecule has 1 unspecified atom stereocenters. The average molecular weight is 332 g/mol. The van der Waals surface area contributed by atoms with Crippen LogP contribution in [0.25, 0.3) is 0 Å². The number of amides is 2. The van der Waals surface area contributed by atoms with Gasteiger partial charge in [-0.25, -0.2) is 0 Å². The van der Waals surface area contributed by atoms with Crippen LogP contribution in [0, 0.1) is 0 Å². The number of piperidine rings is 1. The molecular weight excluding hydrogens is 308 g/mol. The van der Waals surface area contributed by atoms with Crippen LogP contribution in [0.15, 0.2) is 18.2 Å². The van der Waals surface area contributed by atoms with Crippen LogP contribution in [0.2, 0.25) is 0 Å². The molecule has 0 radical (unpaired) electrons. The molecule has 0 saturated carbocycles. The van der Waals surface area contributed by atoms with Gasteiger partial charge < -0.3 is 20.1 Å². The minimum Gasteiger partial charge on any atom is -0.483 e. The first-order valence-corrected chi connectivity index (χ1v) is 8.40. The molecule has 6 nitrogen and oxygen atoms in total. The Hall–Kier alpha value is -2.24. The Labute approximate surface area is 141 Å². The van der Waals surface area contributed by atoms with Gasteiger partial charge in [0.1, 0.15) is 11.6 Å². The van der Waals surface area contributed by atoms with Crippen molar-refractivity contribution in [1.29, 1.82) is 0 Å². The van der Waals surface area contributed by atoms with E-state index >= 15 is 0 Å². The quantitative estimate of drug-likeness (QED) is 0.909. The number of fused-ring (bicyclic) bond motifs is 1. The molecule has 1 aromatic rings. The first-order chi connectivity index (χ1) is 11.4. The number of hydrogen-bond acceptors (Lipinski definition) is 4. The van der Waals surface area contributed by atoms with Gasteiger partial charge in [0.2, 0.25) is 5.91 Å². The second kappa shape index (κ2) is 6.34. The van der Waals surface area contributed by atoms with Crippen LogP contribution < -0.4 is 15.2 Å². The van der Waals surface area contributed by atoms with Crippen LogP contribution in [0.3, 0.4) is 0 Å². The van der Waals surface area contributed by atoms with E-state index in [1.807, 2.05) is 26.0 Å². The summed E-state index contributed by atoms with van der Waals surface area (Å²) in [6.07, 6.45) is 3.23. The highest BCUT2D eigenvalue weighted by Gasteiger charge is 2.33. The number of nitrogens with two attached hydrogens (primary N) is 1. The molecule has 0 spiro atoms. The number of para-hydroxylation sites is 1. The Balaban J connectivity index is 1.67. The highest BCUT2D eigenvalue weighted by atomic mass is 16.5. The van der Waals surface area contributed by atoms with Gasteiger partial charge in [-0.1, -0.05) is 12.1 Å². The third kappa shape index (κ3) is 3.32. The molecule has 2 amide bonds. The second-order valence-corrected chi connectivity index (χ2v) is 7.07. The summed E-state index contributed by atoms with van der Waals surface area (Å²) in [6, 6.07) is 5.18. The summed E-state index contributed by atoms with van der Waals surface area (Å²) in [4.78, 5) is 25.5.